The third kappa shape index (κ3) is 7.62. The molecule has 0 unspecified atom stereocenters. The number of benzene rings is 2. The van der Waals surface area contributed by atoms with Gasteiger partial charge in [0.1, 0.15) is 5.76 Å². The first-order valence-electron chi connectivity index (χ1n) is 17.5. The molecule has 0 aliphatic heterocycles. The van der Waals surface area contributed by atoms with Crippen molar-refractivity contribution in [2.45, 2.75) is 106 Å². The Kier molecular flexibility index (Phi) is 12.1. The van der Waals surface area contributed by atoms with E-state index in [0.717, 1.165) is 55.2 Å². The Bertz CT molecular complexity index is 1980. The molecular formula is C43H51IrN2O2S-. The van der Waals surface area contributed by atoms with Gasteiger partial charge in [-0.3, -0.25) is 14.8 Å². The number of thiophene rings is 1. The van der Waals surface area contributed by atoms with Crippen molar-refractivity contribution in [2.24, 2.45) is 10.8 Å². The molecule has 3 aromatic heterocycles. The fraction of sp³-hybridized carbons (Fsp3) is 0.419. The molecule has 0 amide bonds. The summed E-state index contributed by atoms with van der Waals surface area (Å²) in [7, 11) is 0. The van der Waals surface area contributed by atoms with E-state index in [1.165, 1.54) is 48.7 Å². The van der Waals surface area contributed by atoms with Gasteiger partial charge in [0.15, 0.2) is 5.78 Å². The van der Waals surface area contributed by atoms with E-state index in [-0.39, 0.29) is 47.9 Å². The number of aliphatic hydroxyl groups is 1. The van der Waals surface area contributed by atoms with Gasteiger partial charge < -0.3 is 5.11 Å². The van der Waals surface area contributed by atoms with Crippen LogP contribution in [-0.4, -0.2) is 20.9 Å². The second kappa shape index (κ2) is 15.4. The zero-order valence-electron chi connectivity index (χ0n) is 30.6. The average molecular weight is 852 g/mol. The number of carbonyl (C=O) groups is 1. The van der Waals surface area contributed by atoms with Crippen molar-refractivity contribution in [3.8, 4) is 21.7 Å². The van der Waals surface area contributed by atoms with Crippen molar-refractivity contribution in [3.63, 3.8) is 0 Å². The zero-order valence-corrected chi connectivity index (χ0v) is 33.8. The molecule has 3 heterocycles. The minimum Gasteiger partial charge on any atom is -0.512 e. The SMILES string of the molecule is CC(C)(C)c1cc(-c2nccc3c4c(sc23)-c2ccncc2CC4)[c-]c2ccccc12.CCC(C)(CC)C(=O)/C=C(\O)C(C)(CC)CC.[Ir]. The van der Waals surface area contributed by atoms with Gasteiger partial charge in [0, 0.05) is 70.9 Å². The molecule has 1 radical (unpaired) electrons. The standard InChI is InChI=1S/C28H23N2S.C15H28O2.Ir/c1-28(2,3)24-15-19(14-17-6-4-5-7-20(17)24)25-27-23(11-13-30-25)22-9-8-18-16-29-12-10-21(18)26(22)31-27;1-7-14(5,8-2)12(16)11-13(17)15(6,9-3)10-4;/h4-7,10-13,15-16H,8-9H2,1-3H3;11,16H,7-10H2,1-6H3;/q-1;;/b;12-11-;. The Hall–Kier alpha value is -3.18. The van der Waals surface area contributed by atoms with Crippen LogP contribution in [0.25, 0.3) is 42.6 Å². The van der Waals surface area contributed by atoms with Crippen LogP contribution >= 0.6 is 11.3 Å². The van der Waals surface area contributed by atoms with Gasteiger partial charge >= 0.3 is 0 Å². The Morgan fingerprint density at radius 2 is 1.57 bits per heavy atom. The second-order valence-electron chi connectivity index (χ2n) is 14.8. The van der Waals surface area contributed by atoms with Crippen LogP contribution < -0.4 is 0 Å². The van der Waals surface area contributed by atoms with Crippen LogP contribution in [0.5, 0.6) is 0 Å². The third-order valence-electron chi connectivity index (χ3n) is 10.9. The molecule has 0 saturated carbocycles. The smallest absolute Gasteiger partial charge is 0.164 e. The van der Waals surface area contributed by atoms with Crippen molar-refractivity contribution in [1.29, 1.82) is 0 Å². The molecule has 0 saturated heterocycles. The van der Waals surface area contributed by atoms with E-state index in [4.69, 9.17) is 4.98 Å². The molecule has 4 nitrogen and oxygen atoms in total. The van der Waals surface area contributed by atoms with Gasteiger partial charge in [-0.1, -0.05) is 91.5 Å². The Labute approximate surface area is 310 Å². The number of fused-ring (bicyclic) bond motifs is 6. The number of aryl methyl sites for hydroxylation is 2. The summed E-state index contributed by atoms with van der Waals surface area (Å²) in [5, 5.41) is 13.9. The van der Waals surface area contributed by atoms with Gasteiger partial charge in [-0.25, -0.2) is 0 Å². The topological polar surface area (TPSA) is 63.1 Å². The number of hydrogen-bond acceptors (Lipinski definition) is 5. The maximum atomic E-state index is 12.2. The maximum Gasteiger partial charge on any atom is 0.164 e. The molecule has 0 spiro atoms. The number of allylic oxidation sites excluding steroid dienone is 2. The minimum atomic E-state index is -0.337. The molecule has 6 heteroatoms. The fourth-order valence-corrected chi connectivity index (χ4v) is 7.91. The van der Waals surface area contributed by atoms with Crippen molar-refractivity contribution < 1.29 is 30.0 Å². The van der Waals surface area contributed by atoms with E-state index in [0.29, 0.717) is 0 Å². The Morgan fingerprint density at radius 1 is 0.898 bits per heavy atom. The number of aliphatic hydroxyl groups excluding tert-OH is 1. The quantitative estimate of drug-likeness (QED) is 0.0960. The number of ketones is 1. The van der Waals surface area contributed by atoms with E-state index in [1.54, 1.807) is 0 Å². The van der Waals surface area contributed by atoms with Crippen LogP contribution in [0.4, 0.5) is 0 Å². The normalized spacial score (nSPS) is 13.3. The average Bonchev–Trinajstić information content (AvgIpc) is 3.49. The monoisotopic (exact) mass is 852 g/mol. The van der Waals surface area contributed by atoms with Crippen LogP contribution in [0.15, 0.2) is 72.9 Å². The largest absolute Gasteiger partial charge is 0.512 e. The van der Waals surface area contributed by atoms with E-state index in [1.807, 2.05) is 71.5 Å². The molecule has 0 atom stereocenters. The number of nitrogens with zero attached hydrogens (tertiary/aromatic N) is 2. The first kappa shape index (κ1) is 38.6. The van der Waals surface area contributed by atoms with Gasteiger partial charge in [0.2, 0.25) is 0 Å². The first-order chi connectivity index (χ1) is 22.8. The van der Waals surface area contributed by atoms with Crippen molar-refractivity contribution >= 4 is 38.0 Å². The summed E-state index contributed by atoms with van der Waals surface area (Å²) in [5.74, 6) is 0.286. The van der Waals surface area contributed by atoms with E-state index < -0.39 is 0 Å². The van der Waals surface area contributed by atoms with Gasteiger partial charge in [0.25, 0.3) is 0 Å². The molecule has 1 N–H and O–H groups in total. The summed E-state index contributed by atoms with van der Waals surface area (Å²) in [6.45, 7) is 18.9. The summed E-state index contributed by atoms with van der Waals surface area (Å²) in [5.41, 5.74) is 7.05. The maximum absolute atomic E-state index is 12.2. The van der Waals surface area contributed by atoms with Crippen molar-refractivity contribution in [3.05, 3.63) is 95.6 Å². The molecule has 1 aliphatic carbocycles. The molecule has 6 rings (SSSR count). The summed E-state index contributed by atoms with van der Waals surface area (Å²) in [6, 6.07) is 18.9. The predicted molar refractivity (Wildman–Crippen MR) is 204 cm³/mol. The number of pyridine rings is 2. The molecule has 261 valence electrons. The van der Waals surface area contributed by atoms with Crippen molar-refractivity contribution in [2.75, 3.05) is 0 Å². The zero-order chi connectivity index (χ0) is 34.9. The summed E-state index contributed by atoms with van der Waals surface area (Å²) in [4.78, 5) is 22.8. The molecule has 2 aromatic carbocycles. The molecular weight excluding hydrogens is 801 g/mol. The fourth-order valence-electron chi connectivity index (χ4n) is 6.50. The van der Waals surface area contributed by atoms with Crippen molar-refractivity contribution in [1.82, 2.24) is 9.97 Å². The molecule has 49 heavy (non-hydrogen) atoms. The molecule has 0 bridgehead atoms. The summed E-state index contributed by atoms with van der Waals surface area (Å²) >= 11 is 1.87. The predicted octanol–water partition coefficient (Wildman–Crippen LogP) is 12.0. The number of hydrogen-bond donors (Lipinski definition) is 1. The van der Waals surface area contributed by atoms with Crippen LogP contribution in [0.1, 0.15) is 105 Å². The number of carbonyl (C=O) groups excluding carboxylic acids is 1. The van der Waals surface area contributed by atoms with E-state index in [9.17, 15) is 9.90 Å². The molecule has 0 fully saturated rings. The van der Waals surface area contributed by atoms with Crippen LogP contribution in [0.3, 0.4) is 0 Å². The van der Waals surface area contributed by atoms with E-state index >= 15 is 0 Å². The van der Waals surface area contributed by atoms with Gasteiger partial charge in [0.05, 0.1) is 0 Å². The number of aromatic nitrogens is 2. The first-order valence-corrected chi connectivity index (χ1v) is 18.4. The summed E-state index contributed by atoms with van der Waals surface area (Å²) in [6.07, 6.45) is 12.8. The molecule has 5 aromatic rings. The van der Waals surface area contributed by atoms with Gasteiger partial charge in [-0.2, -0.15) is 0 Å². The molecule has 1 aliphatic rings. The Balaban J connectivity index is 0.000000260. The van der Waals surface area contributed by atoms with Gasteiger partial charge in [-0.05, 0) is 78.1 Å². The van der Waals surface area contributed by atoms with Crippen LogP contribution in [0.2, 0.25) is 0 Å². The number of rotatable bonds is 8. The van der Waals surface area contributed by atoms with E-state index in [2.05, 4.69) is 74.3 Å². The van der Waals surface area contributed by atoms with Gasteiger partial charge in [-0.15, -0.1) is 40.5 Å². The summed E-state index contributed by atoms with van der Waals surface area (Å²) < 4.78 is 1.27. The minimum absolute atomic E-state index is 0. The third-order valence-corrected chi connectivity index (χ3v) is 12.2. The van der Waals surface area contributed by atoms with Crippen LogP contribution in [-0.2, 0) is 43.2 Å². The van der Waals surface area contributed by atoms with Crippen LogP contribution in [0, 0.1) is 16.9 Å². The second-order valence-corrected chi connectivity index (χ2v) is 15.8. The Morgan fingerprint density at radius 3 is 2.22 bits per heavy atom.